The normalized spacial score (nSPS) is 17.3. The number of nitrogens with zero attached hydrogens (tertiary/aromatic N) is 1. The highest BCUT2D eigenvalue weighted by atomic mass is 32.2. The van der Waals surface area contributed by atoms with Crippen LogP contribution in [0.2, 0.25) is 0 Å². The van der Waals surface area contributed by atoms with Gasteiger partial charge in [0, 0.05) is 19.2 Å². The lowest BCUT2D eigenvalue weighted by atomic mass is 10.2. The fourth-order valence-electron chi connectivity index (χ4n) is 3.33. The lowest BCUT2D eigenvalue weighted by molar-refractivity contribution is 0.0762. The van der Waals surface area contributed by atoms with Crippen LogP contribution in [0.1, 0.15) is 17.0 Å². The summed E-state index contributed by atoms with van der Waals surface area (Å²) in [7, 11) is -3.52. The number of hydrogen-bond acceptors (Lipinski definition) is 5. The minimum Gasteiger partial charge on any atom is -0.451 e. The molecule has 1 amide bonds. The molecule has 7 heteroatoms. The van der Waals surface area contributed by atoms with Gasteiger partial charge in [-0.1, -0.05) is 30.3 Å². The fourth-order valence-corrected chi connectivity index (χ4v) is 5.05. The van der Waals surface area contributed by atoms with Crippen LogP contribution in [0.4, 0.5) is 0 Å². The van der Waals surface area contributed by atoms with Crippen LogP contribution in [-0.2, 0) is 9.84 Å². The first-order valence-corrected chi connectivity index (χ1v) is 10.1. The maximum absolute atomic E-state index is 12.8. The topological polar surface area (TPSA) is 84.7 Å². The van der Waals surface area contributed by atoms with Gasteiger partial charge in [-0.15, -0.1) is 0 Å². The van der Waals surface area contributed by atoms with E-state index < -0.39 is 21.0 Å². The van der Waals surface area contributed by atoms with Gasteiger partial charge in [-0.25, -0.2) is 8.42 Å². The molecule has 3 aromatic rings. The Morgan fingerprint density at radius 2 is 1.74 bits per heavy atom. The molecule has 0 aliphatic carbocycles. The van der Waals surface area contributed by atoms with Crippen LogP contribution in [0.25, 0.3) is 11.0 Å². The van der Waals surface area contributed by atoms with Crippen LogP contribution in [0, 0.1) is 0 Å². The third-order valence-electron chi connectivity index (χ3n) is 4.79. The Morgan fingerprint density at radius 1 is 1.04 bits per heavy atom. The van der Waals surface area contributed by atoms with E-state index in [1.165, 1.54) is 11.0 Å². The summed E-state index contributed by atoms with van der Waals surface area (Å²) in [6.07, 6.45) is 0.348. The third kappa shape index (κ3) is 3.14. The first-order chi connectivity index (χ1) is 13.0. The number of likely N-dealkylation sites (tertiary alicyclic amines) is 1. The van der Waals surface area contributed by atoms with Crippen molar-refractivity contribution in [1.82, 2.24) is 4.90 Å². The van der Waals surface area contributed by atoms with E-state index >= 15 is 0 Å². The van der Waals surface area contributed by atoms with Gasteiger partial charge in [-0.05, 0) is 30.7 Å². The third-order valence-corrected chi connectivity index (χ3v) is 6.98. The summed E-state index contributed by atoms with van der Waals surface area (Å²) >= 11 is 0. The van der Waals surface area contributed by atoms with E-state index in [1.54, 1.807) is 54.6 Å². The highest BCUT2D eigenvalue weighted by Gasteiger charge is 2.37. The summed E-state index contributed by atoms with van der Waals surface area (Å²) in [6, 6.07) is 16.1. The standard InChI is InChI=1S/C20H17NO5S/c22-17-12-19(26-18-9-5-4-8-16(17)18)20(23)21-11-10-15(13-21)27(24,25)14-6-2-1-3-7-14/h1-9,12,15H,10-11,13H2. The van der Waals surface area contributed by atoms with E-state index in [9.17, 15) is 18.0 Å². The molecule has 1 saturated heterocycles. The van der Waals surface area contributed by atoms with E-state index in [0.717, 1.165) is 0 Å². The quantitative estimate of drug-likeness (QED) is 0.694. The summed E-state index contributed by atoms with van der Waals surface area (Å²) in [4.78, 5) is 26.6. The summed E-state index contributed by atoms with van der Waals surface area (Å²) in [6.45, 7) is 0.374. The first-order valence-electron chi connectivity index (χ1n) is 8.58. The number of benzene rings is 2. The molecule has 0 bridgehead atoms. The largest absolute Gasteiger partial charge is 0.451 e. The number of amides is 1. The molecule has 4 rings (SSSR count). The second-order valence-corrected chi connectivity index (χ2v) is 8.72. The maximum atomic E-state index is 12.8. The molecule has 1 aliphatic heterocycles. The first kappa shape index (κ1) is 17.5. The number of carbonyl (C=O) groups excluding carboxylic acids is 1. The molecule has 27 heavy (non-hydrogen) atoms. The maximum Gasteiger partial charge on any atom is 0.289 e. The molecule has 2 heterocycles. The SMILES string of the molecule is O=C(c1cc(=O)c2ccccc2o1)N1CCC(S(=O)(=O)c2ccccc2)C1. The number of para-hydroxylation sites is 1. The molecule has 1 atom stereocenters. The minimum absolute atomic E-state index is 0.0727. The van der Waals surface area contributed by atoms with Crippen molar-refractivity contribution < 1.29 is 17.6 Å². The molecule has 1 aliphatic rings. The van der Waals surface area contributed by atoms with Gasteiger partial charge in [0.15, 0.2) is 21.0 Å². The van der Waals surface area contributed by atoms with Crippen molar-refractivity contribution in [3.05, 3.63) is 76.6 Å². The Bertz CT molecular complexity index is 1170. The Labute approximate surface area is 156 Å². The van der Waals surface area contributed by atoms with Crippen LogP contribution in [0.5, 0.6) is 0 Å². The Morgan fingerprint density at radius 3 is 2.52 bits per heavy atom. The predicted octanol–water partition coefficient (Wildman–Crippen LogP) is 2.48. The lowest BCUT2D eigenvalue weighted by Crippen LogP contribution is -2.32. The highest BCUT2D eigenvalue weighted by Crippen LogP contribution is 2.25. The molecule has 0 saturated carbocycles. The van der Waals surface area contributed by atoms with Gasteiger partial charge in [-0.2, -0.15) is 0 Å². The van der Waals surface area contributed by atoms with E-state index in [-0.39, 0.29) is 22.6 Å². The van der Waals surface area contributed by atoms with Gasteiger partial charge in [0.2, 0.25) is 0 Å². The van der Waals surface area contributed by atoms with Crippen molar-refractivity contribution in [3.63, 3.8) is 0 Å². The van der Waals surface area contributed by atoms with Crippen molar-refractivity contribution >= 4 is 26.7 Å². The monoisotopic (exact) mass is 383 g/mol. The van der Waals surface area contributed by atoms with Crippen molar-refractivity contribution in [3.8, 4) is 0 Å². The van der Waals surface area contributed by atoms with E-state index in [4.69, 9.17) is 4.42 Å². The molecule has 1 fully saturated rings. The zero-order valence-electron chi connectivity index (χ0n) is 14.4. The van der Waals surface area contributed by atoms with Crippen LogP contribution in [-0.4, -0.2) is 37.6 Å². The van der Waals surface area contributed by atoms with Gasteiger partial charge < -0.3 is 9.32 Å². The molecular weight excluding hydrogens is 366 g/mol. The molecule has 2 aromatic carbocycles. The molecule has 0 spiro atoms. The average Bonchev–Trinajstić information content (AvgIpc) is 3.19. The molecule has 1 unspecified atom stereocenters. The summed E-state index contributed by atoms with van der Waals surface area (Å²) in [5.74, 6) is -0.542. The fraction of sp³-hybridized carbons (Fsp3) is 0.200. The number of sulfone groups is 1. The van der Waals surface area contributed by atoms with Crippen LogP contribution < -0.4 is 5.43 Å². The van der Waals surface area contributed by atoms with Gasteiger partial charge in [-0.3, -0.25) is 9.59 Å². The number of hydrogen-bond donors (Lipinski definition) is 0. The number of fused-ring (bicyclic) bond motifs is 1. The van der Waals surface area contributed by atoms with Crippen LogP contribution >= 0.6 is 0 Å². The molecule has 0 radical (unpaired) electrons. The smallest absolute Gasteiger partial charge is 0.289 e. The van der Waals surface area contributed by atoms with Crippen molar-refractivity contribution in [1.29, 1.82) is 0 Å². The molecule has 1 aromatic heterocycles. The van der Waals surface area contributed by atoms with Gasteiger partial charge >= 0.3 is 0 Å². The van der Waals surface area contributed by atoms with Crippen molar-refractivity contribution in [2.24, 2.45) is 0 Å². The predicted molar refractivity (Wildman–Crippen MR) is 100 cm³/mol. The molecular formula is C20H17NO5S. The van der Waals surface area contributed by atoms with Gasteiger partial charge in [0.1, 0.15) is 5.58 Å². The van der Waals surface area contributed by atoms with Gasteiger partial charge in [0.05, 0.1) is 15.5 Å². The van der Waals surface area contributed by atoms with E-state index in [2.05, 4.69) is 0 Å². The van der Waals surface area contributed by atoms with Crippen molar-refractivity contribution in [2.45, 2.75) is 16.6 Å². The minimum atomic E-state index is -3.52. The Kier molecular flexibility index (Phi) is 4.31. The van der Waals surface area contributed by atoms with E-state index in [1.807, 2.05) is 0 Å². The molecule has 0 N–H and O–H groups in total. The molecule has 138 valence electrons. The zero-order chi connectivity index (χ0) is 19.0. The lowest BCUT2D eigenvalue weighted by Gasteiger charge is -2.16. The van der Waals surface area contributed by atoms with Crippen molar-refractivity contribution in [2.75, 3.05) is 13.1 Å². The second-order valence-electron chi connectivity index (χ2n) is 6.49. The van der Waals surface area contributed by atoms with Gasteiger partial charge in [0.25, 0.3) is 5.91 Å². The van der Waals surface area contributed by atoms with Crippen LogP contribution in [0.15, 0.2) is 74.8 Å². The van der Waals surface area contributed by atoms with Crippen LogP contribution in [0.3, 0.4) is 0 Å². The molecule has 6 nitrogen and oxygen atoms in total. The van der Waals surface area contributed by atoms with E-state index in [0.29, 0.717) is 23.9 Å². The Hall–Kier alpha value is -2.93. The summed E-state index contributed by atoms with van der Waals surface area (Å²) in [5.41, 5.74) is 0.0360. The second kappa shape index (κ2) is 6.66. The Balaban J connectivity index is 1.59. The number of rotatable bonds is 3. The summed E-state index contributed by atoms with van der Waals surface area (Å²) < 4.78 is 31.1. The number of carbonyl (C=O) groups is 1. The zero-order valence-corrected chi connectivity index (χ0v) is 15.2. The highest BCUT2D eigenvalue weighted by molar-refractivity contribution is 7.92. The summed E-state index contributed by atoms with van der Waals surface area (Å²) in [5, 5.41) is -0.268. The average molecular weight is 383 g/mol.